The molecule has 0 atom stereocenters. The van der Waals surface area contributed by atoms with E-state index in [2.05, 4.69) is 0 Å². The van der Waals surface area contributed by atoms with E-state index in [1.54, 1.807) is 84.8 Å². The number of anilines is 1. The second-order valence-electron chi connectivity index (χ2n) is 16.1. The molecule has 338 valence electrons. The Morgan fingerprint density at radius 3 is 1.91 bits per heavy atom. The Balaban J connectivity index is 0.968. The van der Waals surface area contributed by atoms with E-state index in [0.29, 0.717) is 114 Å². The van der Waals surface area contributed by atoms with E-state index in [1.807, 2.05) is 19.1 Å². The predicted octanol–water partition coefficient (Wildman–Crippen LogP) is 9.79. The van der Waals surface area contributed by atoms with Crippen LogP contribution in [0.2, 0.25) is 4.34 Å². The summed E-state index contributed by atoms with van der Waals surface area (Å²) in [5.41, 5.74) is 2.45. The van der Waals surface area contributed by atoms with Crippen LogP contribution in [0.1, 0.15) is 95.9 Å². The topological polar surface area (TPSA) is 152 Å². The molecule has 2 fully saturated rings. The molecule has 2 aliphatic carbocycles. The minimum absolute atomic E-state index is 0.0877. The number of methoxy groups -OCH3 is 2. The molecule has 0 bridgehead atoms. The maximum atomic E-state index is 13.8. The number of allylic oxidation sites excluding steroid dienone is 1. The van der Waals surface area contributed by atoms with Crippen molar-refractivity contribution in [1.82, 2.24) is 0 Å². The molecule has 12 nitrogen and oxygen atoms in total. The summed E-state index contributed by atoms with van der Waals surface area (Å²) in [6, 6.07) is 22.3. The van der Waals surface area contributed by atoms with Crippen LogP contribution in [0.15, 0.2) is 84.9 Å². The highest BCUT2D eigenvalue weighted by atomic mass is 35.5. The van der Waals surface area contributed by atoms with Crippen LogP contribution in [0, 0.1) is 23.7 Å². The zero-order valence-electron chi connectivity index (χ0n) is 36.4. The molecule has 1 heterocycles. The fourth-order valence-corrected chi connectivity index (χ4v) is 9.02. The van der Waals surface area contributed by atoms with E-state index >= 15 is 0 Å². The van der Waals surface area contributed by atoms with E-state index in [-0.39, 0.29) is 72.1 Å². The van der Waals surface area contributed by atoms with Gasteiger partial charge in [0.15, 0.2) is 5.78 Å². The molecule has 4 aromatic rings. The molecule has 1 aromatic heterocycles. The molecule has 0 N–H and O–H groups in total. The van der Waals surface area contributed by atoms with E-state index in [0.717, 1.165) is 5.56 Å². The normalized spacial score (nSPS) is 18.5. The fourth-order valence-electron chi connectivity index (χ4n) is 8.05. The smallest absolute Gasteiger partial charge is 0.314 e. The van der Waals surface area contributed by atoms with Gasteiger partial charge in [0.2, 0.25) is 0 Å². The van der Waals surface area contributed by atoms with Gasteiger partial charge in [-0.1, -0.05) is 30.7 Å². The Labute approximate surface area is 382 Å². The van der Waals surface area contributed by atoms with Crippen molar-refractivity contribution in [2.24, 2.45) is 23.7 Å². The number of ketones is 2. The van der Waals surface area contributed by atoms with Crippen LogP contribution in [0.25, 0.3) is 6.08 Å². The first-order chi connectivity index (χ1) is 31.0. The molecule has 64 heavy (non-hydrogen) atoms. The van der Waals surface area contributed by atoms with Crippen LogP contribution in [0.5, 0.6) is 17.2 Å². The van der Waals surface area contributed by atoms with Crippen molar-refractivity contribution in [1.29, 1.82) is 0 Å². The molecule has 0 aliphatic heterocycles. The third kappa shape index (κ3) is 13.0. The summed E-state index contributed by atoms with van der Waals surface area (Å²) in [6.45, 7) is 3.02. The molecule has 1 amide bonds. The van der Waals surface area contributed by atoms with Crippen molar-refractivity contribution in [3.63, 3.8) is 0 Å². The Bertz CT molecular complexity index is 2290. The van der Waals surface area contributed by atoms with Crippen LogP contribution in [0.3, 0.4) is 0 Å². The molecule has 0 spiro atoms. The number of ether oxygens (including phenoxy) is 5. The van der Waals surface area contributed by atoms with Crippen LogP contribution >= 0.6 is 22.9 Å². The Morgan fingerprint density at radius 2 is 1.31 bits per heavy atom. The Kier molecular flexibility index (Phi) is 17.4. The average molecular weight is 912 g/mol. The van der Waals surface area contributed by atoms with Crippen molar-refractivity contribution in [2.75, 3.05) is 38.9 Å². The Hall–Kier alpha value is -5.63. The number of carbonyl (C=O) groups excluding carboxylic acids is 6. The van der Waals surface area contributed by atoms with Gasteiger partial charge in [-0.2, -0.15) is 0 Å². The highest BCUT2D eigenvalue weighted by Gasteiger charge is 2.33. The number of amides is 1. The Morgan fingerprint density at radius 1 is 0.703 bits per heavy atom. The number of hydrogen-bond acceptors (Lipinski definition) is 12. The minimum Gasteiger partial charge on any atom is -0.497 e. The number of thiophene rings is 1. The van der Waals surface area contributed by atoms with E-state index in [9.17, 15) is 28.8 Å². The summed E-state index contributed by atoms with van der Waals surface area (Å²) in [5, 5.41) is 0. The molecule has 2 saturated carbocycles. The third-order valence-electron chi connectivity index (χ3n) is 11.7. The molecular weight excluding hydrogens is 858 g/mol. The van der Waals surface area contributed by atoms with Gasteiger partial charge < -0.3 is 28.6 Å². The van der Waals surface area contributed by atoms with Gasteiger partial charge in [-0.3, -0.25) is 28.8 Å². The van der Waals surface area contributed by atoms with E-state index < -0.39 is 0 Å². The highest BCUT2D eigenvalue weighted by Crippen LogP contribution is 2.34. The largest absolute Gasteiger partial charge is 0.497 e. The van der Waals surface area contributed by atoms with Crippen LogP contribution in [0.4, 0.5) is 5.69 Å². The van der Waals surface area contributed by atoms with Crippen LogP contribution < -0.4 is 19.1 Å². The predicted molar refractivity (Wildman–Crippen MR) is 244 cm³/mol. The fraction of sp³-hybridized carbons (Fsp3) is 0.400. The highest BCUT2D eigenvalue weighted by molar-refractivity contribution is 7.18. The van der Waals surface area contributed by atoms with Crippen molar-refractivity contribution in [2.45, 2.75) is 71.1 Å². The second kappa shape index (κ2) is 23.3. The number of esters is 3. The lowest BCUT2D eigenvalue weighted by Crippen LogP contribution is -2.31. The van der Waals surface area contributed by atoms with Gasteiger partial charge in [0.05, 0.1) is 40.7 Å². The monoisotopic (exact) mass is 911 g/mol. The lowest BCUT2D eigenvalue weighted by Gasteiger charge is -2.26. The standard InChI is InChI=1S/C50H54ClNO11S/c1-4-27-52(39-18-20-40(21-19-39)62-49(57)36-15-13-35(14-16-36)48(56)61-29-28-59-2)47(55)34-7-5-32(6-8-34)30-43(54)33-9-11-37(12-10-33)50(58)63-44-24-22-41(60-3)31-38(44)17-23-42(53)45-25-26-46(51)64-45/h5-8,17-26,31,33,35-37H,4,9-16,27-30H2,1-3H3/b23-17+. The number of rotatable bonds is 19. The van der Waals surface area contributed by atoms with Gasteiger partial charge in [0, 0.05) is 42.8 Å². The molecule has 3 aromatic carbocycles. The van der Waals surface area contributed by atoms with Crippen molar-refractivity contribution in [3.8, 4) is 17.2 Å². The number of hydrogen-bond donors (Lipinski definition) is 0. The summed E-state index contributed by atoms with van der Waals surface area (Å²) in [5.74, 6) is -1.18. The lowest BCUT2D eigenvalue weighted by molar-refractivity contribution is -0.153. The summed E-state index contributed by atoms with van der Waals surface area (Å²) in [7, 11) is 3.08. The first-order valence-electron chi connectivity index (χ1n) is 21.7. The number of nitrogens with zero attached hydrogens (tertiary/aromatic N) is 1. The molecule has 14 heteroatoms. The zero-order valence-corrected chi connectivity index (χ0v) is 38.0. The van der Waals surface area contributed by atoms with Gasteiger partial charge in [0.1, 0.15) is 29.6 Å². The van der Waals surface area contributed by atoms with Crippen LogP contribution in [-0.4, -0.2) is 69.4 Å². The summed E-state index contributed by atoms with van der Waals surface area (Å²) >= 11 is 7.17. The summed E-state index contributed by atoms with van der Waals surface area (Å²) in [6.07, 6.45) is 8.26. The van der Waals surface area contributed by atoms with Gasteiger partial charge >= 0.3 is 17.9 Å². The van der Waals surface area contributed by atoms with Crippen molar-refractivity contribution >= 4 is 70.1 Å². The molecule has 2 aliphatic rings. The van der Waals surface area contributed by atoms with Crippen molar-refractivity contribution in [3.05, 3.63) is 111 Å². The number of carbonyl (C=O) groups is 6. The van der Waals surface area contributed by atoms with E-state index in [4.69, 9.17) is 35.3 Å². The molecular formula is C50H54ClNO11S. The number of halogens is 1. The molecule has 0 saturated heterocycles. The average Bonchev–Trinajstić information content (AvgIpc) is 3.76. The maximum absolute atomic E-state index is 13.8. The van der Waals surface area contributed by atoms with Crippen molar-refractivity contribution < 1.29 is 52.5 Å². The SMILES string of the molecule is CCCN(C(=O)c1ccc(CC(=O)C2CCC(C(=O)Oc3ccc(OC)cc3/C=C/C(=O)c3ccc(Cl)s3)CC2)cc1)c1ccc(OC(=O)C2CCC(C(=O)OCCOC)CC2)cc1. The quantitative estimate of drug-likeness (QED) is 0.0291. The molecule has 0 unspecified atom stereocenters. The second-order valence-corrected chi connectivity index (χ2v) is 17.8. The number of benzene rings is 3. The first-order valence-corrected chi connectivity index (χ1v) is 22.9. The zero-order chi connectivity index (χ0) is 45.6. The lowest BCUT2D eigenvalue weighted by atomic mass is 9.79. The van der Waals surface area contributed by atoms with Gasteiger partial charge in [0.25, 0.3) is 5.91 Å². The third-order valence-corrected chi connectivity index (χ3v) is 13.0. The van der Waals surface area contributed by atoms with E-state index in [1.165, 1.54) is 24.5 Å². The summed E-state index contributed by atoms with van der Waals surface area (Å²) < 4.78 is 27.6. The molecule has 0 radical (unpaired) electrons. The van der Waals surface area contributed by atoms with Gasteiger partial charge in [-0.05, 0) is 142 Å². The maximum Gasteiger partial charge on any atom is 0.314 e. The van der Waals surface area contributed by atoms with Crippen LogP contribution in [-0.2, 0) is 35.1 Å². The van der Waals surface area contributed by atoms with Gasteiger partial charge in [-0.25, -0.2) is 0 Å². The molecule has 6 rings (SSSR count). The van der Waals surface area contributed by atoms with Gasteiger partial charge in [-0.15, -0.1) is 11.3 Å². The number of Topliss-reactive ketones (excluding diaryl/α,β-unsaturated/α-hetero) is 1. The first kappa shape index (κ1) is 47.8. The minimum atomic E-state index is -0.385. The summed E-state index contributed by atoms with van der Waals surface area (Å²) in [4.78, 5) is 80.6.